The van der Waals surface area contributed by atoms with Crippen molar-refractivity contribution < 1.29 is 32.1 Å². The molecule has 0 amide bonds. The van der Waals surface area contributed by atoms with Crippen molar-refractivity contribution in [3.8, 4) is 28.9 Å². The lowest BCUT2D eigenvalue weighted by molar-refractivity contribution is -0.141. The van der Waals surface area contributed by atoms with Crippen LogP contribution in [0.5, 0.6) is 28.9 Å². The molecule has 1 N–H and O–H groups in total. The Hall–Kier alpha value is -3.23. The molecule has 1 heterocycles. The Balaban J connectivity index is 1.78. The minimum atomic E-state index is -4.57. The van der Waals surface area contributed by atoms with E-state index < -0.39 is 17.7 Å². The van der Waals surface area contributed by atoms with Gasteiger partial charge in [0.05, 0.1) is 0 Å². The number of aromatic hydroxyl groups is 1. The van der Waals surface area contributed by atoms with Crippen LogP contribution in [0.2, 0.25) is 0 Å². The van der Waals surface area contributed by atoms with Gasteiger partial charge in [-0.15, -0.1) is 0 Å². The third kappa shape index (κ3) is 3.97. The van der Waals surface area contributed by atoms with Crippen LogP contribution in [-0.2, 0) is 13.2 Å². The molecular formula is C18H14F4N2O3. The lowest BCUT2D eigenvalue weighted by atomic mass is 10.2. The smallest absolute Gasteiger partial charge is 0.435 e. The Morgan fingerprint density at radius 3 is 2.11 bits per heavy atom. The lowest BCUT2D eigenvalue weighted by Crippen LogP contribution is -2.08. The van der Waals surface area contributed by atoms with Crippen LogP contribution >= 0.6 is 0 Å². The fraction of sp³-hybridized carbons (Fsp3) is 0.167. The molecule has 3 rings (SSSR count). The molecule has 0 spiro atoms. The van der Waals surface area contributed by atoms with E-state index in [2.05, 4.69) is 5.10 Å². The van der Waals surface area contributed by atoms with Crippen LogP contribution in [0.3, 0.4) is 0 Å². The third-order valence-electron chi connectivity index (χ3n) is 3.67. The molecule has 0 atom stereocenters. The summed E-state index contributed by atoms with van der Waals surface area (Å²) in [6, 6.07) is 9.33. The third-order valence-corrected chi connectivity index (χ3v) is 3.67. The number of rotatable bonds is 4. The first kappa shape index (κ1) is 18.6. The van der Waals surface area contributed by atoms with Crippen LogP contribution < -0.4 is 9.47 Å². The molecule has 3 aromatic rings. The summed E-state index contributed by atoms with van der Waals surface area (Å²) >= 11 is 0. The highest BCUT2D eigenvalue weighted by molar-refractivity contribution is 5.40. The van der Waals surface area contributed by atoms with Crippen molar-refractivity contribution in [2.45, 2.75) is 13.1 Å². The maximum absolute atomic E-state index is 13.7. The first-order valence-electron chi connectivity index (χ1n) is 7.70. The molecule has 0 saturated carbocycles. The molecule has 9 heteroatoms. The van der Waals surface area contributed by atoms with Crippen LogP contribution in [0.4, 0.5) is 17.6 Å². The zero-order valence-corrected chi connectivity index (χ0v) is 14.2. The highest BCUT2D eigenvalue weighted by Crippen LogP contribution is 2.36. The van der Waals surface area contributed by atoms with Crippen molar-refractivity contribution in [1.29, 1.82) is 0 Å². The second kappa shape index (κ2) is 6.82. The van der Waals surface area contributed by atoms with Gasteiger partial charge >= 0.3 is 6.18 Å². The van der Waals surface area contributed by atoms with Crippen molar-refractivity contribution in [1.82, 2.24) is 9.78 Å². The van der Waals surface area contributed by atoms with Crippen LogP contribution in [0, 0.1) is 12.7 Å². The molecule has 0 unspecified atom stereocenters. The minimum absolute atomic E-state index is 0.0411. The van der Waals surface area contributed by atoms with Gasteiger partial charge in [0, 0.05) is 18.7 Å². The number of aromatic nitrogens is 2. The Kier molecular flexibility index (Phi) is 4.69. The summed E-state index contributed by atoms with van der Waals surface area (Å²) in [6.45, 7) is 1.27. The largest absolute Gasteiger partial charge is 0.508 e. The molecule has 0 radical (unpaired) electrons. The van der Waals surface area contributed by atoms with E-state index in [9.17, 15) is 22.7 Å². The molecule has 2 aromatic carbocycles. The van der Waals surface area contributed by atoms with E-state index in [1.165, 1.54) is 50.4 Å². The fourth-order valence-corrected chi connectivity index (χ4v) is 2.41. The van der Waals surface area contributed by atoms with Crippen LogP contribution in [0.1, 0.15) is 11.3 Å². The number of hydrogen-bond donors (Lipinski definition) is 1. The van der Waals surface area contributed by atoms with E-state index in [1.54, 1.807) is 0 Å². The average molecular weight is 382 g/mol. The van der Waals surface area contributed by atoms with Gasteiger partial charge < -0.3 is 14.6 Å². The quantitative estimate of drug-likeness (QED) is 0.632. The van der Waals surface area contributed by atoms with Gasteiger partial charge in [-0.25, -0.2) is 9.07 Å². The summed E-state index contributed by atoms with van der Waals surface area (Å²) < 4.78 is 64.3. The maximum atomic E-state index is 13.7. The molecule has 0 aliphatic carbocycles. The Morgan fingerprint density at radius 2 is 1.59 bits per heavy atom. The van der Waals surface area contributed by atoms with Gasteiger partial charge in [-0.3, -0.25) is 0 Å². The van der Waals surface area contributed by atoms with Gasteiger partial charge in [0.1, 0.15) is 17.2 Å². The van der Waals surface area contributed by atoms with Crippen molar-refractivity contribution in [3.63, 3.8) is 0 Å². The second-order valence-corrected chi connectivity index (χ2v) is 5.69. The predicted octanol–water partition coefficient (Wildman–Crippen LogP) is 5.18. The minimum Gasteiger partial charge on any atom is -0.508 e. The SMILES string of the molecule is Cc1c(C(F)(F)F)nn(C)c1Oc1ccc(Oc2ccc(O)cc2F)cc1. The van der Waals surface area contributed by atoms with Gasteiger partial charge in [0.15, 0.2) is 17.3 Å². The van der Waals surface area contributed by atoms with Gasteiger partial charge in [0.25, 0.3) is 0 Å². The Labute approximate surface area is 151 Å². The van der Waals surface area contributed by atoms with Gasteiger partial charge in [-0.05, 0) is 43.3 Å². The average Bonchev–Trinajstić information content (AvgIpc) is 2.87. The molecule has 5 nitrogen and oxygen atoms in total. The lowest BCUT2D eigenvalue weighted by Gasteiger charge is -2.10. The van der Waals surface area contributed by atoms with E-state index in [0.717, 1.165) is 10.7 Å². The normalized spacial score (nSPS) is 11.5. The van der Waals surface area contributed by atoms with E-state index in [1.807, 2.05) is 0 Å². The maximum Gasteiger partial charge on any atom is 0.435 e. The van der Waals surface area contributed by atoms with Gasteiger partial charge in [-0.2, -0.15) is 18.3 Å². The number of phenolic OH excluding ortho intramolecular Hbond substituents is 1. The first-order chi connectivity index (χ1) is 12.6. The number of phenols is 1. The van der Waals surface area contributed by atoms with E-state index in [-0.39, 0.29) is 34.4 Å². The number of alkyl halides is 3. The summed E-state index contributed by atoms with van der Waals surface area (Å²) in [5.74, 6) is -0.550. The number of halogens is 4. The van der Waals surface area contributed by atoms with Gasteiger partial charge in [-0.1, -0.05) is 0 Å². The zero-order chi connectivity index (χ0) is 19.8. The van der Waals surface area contributed by atoms with Gasteiger partial charge in [0.2, 0.25) is 5.88 Å². The number of hydrogen-bond acceptors (Lipinski definition) is 4. The first-order valence-corrected chi connectivity index (χ1v) is 7.70. The second-order valence-electron chi connectivity index (χ2n) is 5.69. The van der Waals surface area contributed by atoms with E-state index in [4.69, 9.17) is 9.47 Å². The van der Waals surface area contributed by atoms with Crippen molar-refractivity contribution in [2.75, 3.05) is 0 Å². The Morgan fingerprint density at radius 1 is 1.00 bits per heavy atom. The van der Waals surface area contributed by atoms with E-state index in [0.29, 0.717) is 0 Å². The molecule has 0 bridgehead atoms. The van der Waals surface area contributed by atoms with Crippen LogP contribution in [0.25, 0.3) is 0 Å². The molecule has 1 aromatic heterocycles. The summed E-state index contributed by atoms with van der Waals surface area (Å²) in [6.07, 6.45) is -4.57. The fourth-order valence-electron chi connectivity index (χ4n) is 2.41. The molecule has 0 saturated heterocycles. The van der Waals surface area contributed by atoms with Crippen molar-refractivity contribution in [3.05, 3.63) is 59.5 Å². The number of benzene rings is 2. The van der Waals surface area contributed by atoms with Crippen LogP contribution in [-0.4, -0.2) is 14.9 Å². The zero-order valence-electron chi connectivity index (χ0n) is 14.2. The molecule has 0 aliphatic heterocycles. The predicted molar refractivity (Wildman–Crippen MR) is 87.6 cm³/mol. The standard InChI is InChI=1S/C18H14F4N2O3/c1-10-16(18(20,21)22)23-24(2)17(10)27-13-6-4-12(5-7-13)26-15-8-3-11(25)9-14(15)19/h3-9,25H,1-2H3. The molecular weight excluding hydrogens is 368 g/mol. The highest BCUT2D eigenvalue weighted by atomic mass is 19.4. The molecule has 142 valence electrons. The van der Waals surface area contributed by atoms with Crippen molar-refractivity contribution in [2.24, 2.45) is 7.05 Å². The summed E-state index contributed by atoms with van der Waals surface area (Å²) in [5, 5.41) is 12.6. The molecule has 0 aliphatic rings. The molecule has 0 fully saturated rings. The monoisotopic (exact) mass is 382 g/mol. The topological polar surface area (TPSA) is 56.5 Å². The van der Waals surface area contributed by atoms with E-state index >= 15 is 0 Å². The summed E-state index contributed by atoms with van der Waals surface area (Å²) in [5.41, 5.74) is -1.14. The Bertz CT molecular complexity index is 966. The van der Waals surface area contributed by atoms with Crippen molar-refractivity contribution >= 4 is 0 Å². The number of aryl methyl sites for hydroxylation is 1. The molecule has 27 heavy (non-hydrogen) atoms. The number of ether oxygens (including phenoxy) is 2. The highest BCUT2D eigenvalue weighted by Gasteiger charge is 2.38. The van der Waals surface area contributed by atoms with Crippen LogP contribution in [0.15, 0.2) is 42.5 Å². The number of nitrogens with zero attached hydrogens (tertiary/aromatic N) is 2. The summed E-state index contributed by atoms with van der Waals surface area (Å²) in [7, 11) is 1.35. The summed E-state index contributed by atoms with van der Waals surface area (Å²) in [4.78, 5) is 0.